The van der Waals surface area contributed by atoms with Gasteiger partial charge in [-0.25, -0.2) is 0 Å². The first-order valence-corrected chi connectivity index (χ1v) is 7.06. The van der Waals surface area contributed by atoms with Gasteiger partial charge in [0, 0.05) is 19.1 Å². The highest BCUT2D eigenvalue weighted by Gasteiger charge is 2.31. The number of hydrogen-bond acceptors (Lipinski definition) is 2. The number of carbonyl (C=O) groups excluding carboxylic acids is 1. The van der Waals surface area contributed by atoms with E-state index in [1.165, 1.54) is 25.7 Å². The van der Waals surface area contributed by atoms with Gasteiger partial charge in [-0.2, -0.15) is 0 Å². The van der Waals surface area contributed by atoms with E-state index in [-0.39, 0.29) is 0 Å². The van der Waals surface area contributed by atoms with Crippen LogP contribution in [-0.4, -0.2) is 48.4 Å². The Morgan fingerprint density at radius 3 is 2.41 bits per heavy atom. The summed E-state index contributed by atoms with van der Waals surface area (Å²) in [5, 5.41) is 0. The molecule has 0 bridgehead atoms. The van der Waals surface area contributed by atoms with Gasteiger partial charge in [-0.15, -0.1) is 0 Å². The van der Waals surface area contributed by atoms with Crippen LogP contribution in [0.2, 0.25) is 0 Å². The Balaban J connectivity index is 1.75. The molecule has 0 spiro atoms. The molecule has 1 aliphatic carbocycles. The molecule has 0 radical (unpaired) electrons. The second-order valence-corrected chi connectivity index (χ2v) is 6.06. The average Bonchev–Trinajstić information content (AvgIpc) is 3.12. The molecule has 0 aromatic rings. The van der Waals surface area contributed by atoms with E-state index in [1.54, 1.807) is 0 Å². The molecule has 1 heterocycles. The first-order chi connectivity index (χ1) is 8.08. The second-order valence-electron chi connectivity index (χ2n) is 6.06. The van der Waals surface area contributed by atoms with E-state index in [0.29, 0.717) is 18.5 Å². The van der Waals surface area contributed by atoms with E-state index >= 15 is 0 Å². The quantitative estimate of drug-likeness (QED) is 0.747. The highest BCUT2D eigenvalue weighted by Crippen LogP contribution is 2.34. The van der Waals surface area contributed by atoms with Crippen LogP contribution in [0.1, 0.15) is 39.5 Å². The summed E-state index contributed by atoms with van der Waals surface area (Å²) in [7, 11) is 2.09. The maximum Gasteiger partial charge on any atom is 0.236 e. The predicted octanol–water partition coefficient (Wildman–Crippen LogP) is 1.98. The SMILES string of the molecule is CC1CCN(C(=O)CN(C)C(C)C2CC2)CC1. The molecule has 0 aromatic heterocycles. The lowest BCUT2D eigenvalue weighted by Gasteiger charge is -2.33. The third-order valence-corrected chi connectivity index (χ3v) is 4.52. The Labute approximate surface area is 105 Å². The summed E-state index contributed by atoms with van der Waals surface area (Å²) in [5.74, 6) is 1.96. The van der Waals surface area contributed by atoms with Gasteiger partial charge in [0.05, 0.1) is 6.54 Å². The van der Waals surface area contributed by atoms with Crippen molar-refractivity contribution in [3.63, 3.8) is 0 Å². The Kier molecular flexibility index (Phi) is 4.08. The fourth-order valence-electron chi connectivity index (χ4n) is 2.65. The fraction of sp³-hybridized carbons (Fsp3) is 0.929. The van der Waals surface area contributed by atoms with Crippen molar-refractivity contribution in [1.82, 2.24) is 9.80 Å². The lowest BCUT2D eigenvalue weighted by molar-refractivity contribution is -0.133. The molecule has 1 unspecified atom stereocenters. The topological polar surface area (TPSA) is 23.6 Å². The number of hydrogen-bond donors (Lipinski definition) is 0. The first-order valence-electron chi connectivity index (χ1n) is 7.06. The van der Waals surface area contributed by atoms with E-state index in [9.17, 15) is 4.79 Å². The van der Waals surface area contributed by atoms with Crippen molar-refractivity contribution >= 4 is 5.91 Å². The number of likely N-dealkylation sites (N-methyl/N-ethyl adjacent to an activating group) is 1. The molecule has 1 saturated heterocycles. The summed E-state index contributed by atoms with van der Waals surface area (Å²) in [6.07, 6.45) is 5.04. The molecule has 2 aliphatic rings. The van der Waals surface area contributed by atoms with Gasteiger partial charge in [0.25, 0.3) is 0 Å². The third-order valence-electron chi connectivity index (χ3n) is 4.52. The number of carbonyl (C=O) groups is 1. The second kappa shape index (κ2) is 5.38. The highest BCUT2D eigenvalue weighted by atomic mass is 16.2. The van der Waals surface area contributed by atoms with Gasteiger partial charge in [-0.1, -0.05) is 6.92 Å². The lowest BCUT2D eigenvalue weighted by Crippen LogP contribution is -2.45. The van der Waals surface area contributed by atoms with Crippen LogP contribution in [-0.2, 0) is 4.79 Å². The lowest BCUT2D eigenvalue weighted by atomic mass is 9.99. The summed E-state index contributed by atoms with van der Waals surface area (Å²) in [6.45, 7) is 7.07. The minimum atomic E-state index is 0.326. The molecule has 3 heteroatoms. The first kappa shape index (κ1) is 12.9. The smallest absolute Gasteiger partial charge is 0.236 e. The van der Waals surface area contributed by atoms with Gasteiger partial charge < -0.3 is 4.90 Å². The molecule has 2 fully saturated rings. The van der Waals surface area contributed by atoms with Crippen molar-refractivity contribution < 1.29 is 4.79 Å². The Bertz CT molecular complexity index is 267. The Morgan fingerprint density at radius 2 is 1.88 bits per heavy atom. The number of piperidine rings is 1. The van der Waals surface area contributed by atoms with Gasteiger partial charge in [0.2, 0.25) is 5.91 Å². The monoisotopic (exact) mass is 238 g/mol. The molecule has 2 rings (SSSR count). The minimum Gasteiger partial charge on any atom is -0.342 e. The van der Waals surface area contributed by atoms with Gasteiger partial charge in [0.15, 0.2) is 0 Å². The molecular formula is C14H26N2O. The Hall–Kier alpha value is -0.570. The van der Waals surface area contributed by atoms with Gasteiger partial charge in [-0.05, 0) is 51.5 Å². The molecule has 1 aliphatic heterocycles. The standard InChI is InChI=1S/C14H26N2O/c1-11-6-8-16(9-7-11)14(17)10-15(3)12(2)13-4-5-13/h11-13H,4-10H2,1-3H3. The van der Waals surface area contributed by atoms with Crippen molar-refractivity contribution in [2.45, 2.75) is 45.6 Å². The van der Waals surface area contributed by atoms with Crippen LogP contribution < -0.4 is 0 Å². The molecule has 1 amide bonds. The largest absolute Gasteiger partial charge is 0.342 e. The summed E-state index contributed by atoms with van der Waals surface area (Å²) < 4.78 is 0. The maximum absolute atomic E-state index is 12.1. The maximum atomic E-state index is 12.1. The number of nitrogens with zero attached hydrogens (tertiary/aromatic N) is 2. The third kappa shape index (κ3) is 3.44. The van der Waals surface area contributed by atoms with Gasteiger partial charge >= 0.3 is 0 Å². The van der Waals surface area contributed by atoms with Crippen LogP contribution in [0.3, 0.4) is 0 Å². The van der Waals surface area contributed by atoms with Crippen molar-refractivity contribution in [3.8, 4) is 0 Å². The van der Waals surface area contributed by atoms with E-state index in [4.69, 9.17) is 0 Å². The van der Waals surface area contributed by atoms with Crippen LogP contribution in [0.5, 0.6) is 0 Å². The molecule has 0 aromatic carbocycles. The zero-order valence-corrected chi connectivity index (χ0v) is 11.5. The number of likely N-dealkylation sites (tertiary alicyclic amines) is 1. The molecule has 17 heavy (non-hydrogen) atoms. The number of amides is 1. The van der Waals surface area contributed by atoms with Crippen LogP contribution >= 0.6 is 0 Å². The molecule has 1 atom stereocenters. The molecule has 1 saturated carbocycles. The number of rotatable bonds is 4. The van der Waals surface area contributed by atoms with Gasteiger partial charge in [0.1, 0.15) is 0 Å². The van der Waals surface area contributed by atoms with Crippen molar-refractivity contribution in [2.75, 3.05) is 26.7 Å². The zero-order chi connectivity index (χ0) is 12.4. The van der Waals surface area contributed by atoms with E-state index in [0.717, 1.165) is 24.9 Å². The fourth-order valence-corrected chi connectivity index (χ4v) is 2.65. The summed E-state index contributed by atoms with van der Waals surface area (Å²) in [5.41, 5.74) is 0. The van der Waals surface area contributed by atoms with Crippen molar-refractivity contribution in [2.24, 2.45) is 11.8 Å². The minimum absolute atomic E-state index is 0.326. The summed E-state index contributed by atoms with van der Waals surface area (Å²) in [6, 6.07) is 0.572. The normalized spacial score (nSPS) is 24.1. The Morgan fingerprint density at radius 1 is 1.29 bits per heavy atom. The van der Waals surface area contributed by atoms with Crippen molar-refractivity contribution in [1.29, 1.82) is 0 Å². The summed E-state index contributed by atoms with van der Waals surface area (Å²) >= 11 is 0. The van der Waals surface area contributed by atoms with Crippen molar-refractivity contribution in [3.05, 3.63) is 0 Å². The zero-order valence-electron chi connectivity index (χ0n) is 11.5. The van der Waals surface area contributed by atoms with Gasteiger partial charge in [-0.3, -0.25) is 9.69 Å². The molecule has 3 nitrogen and oxygen atoms in total. The van der Waals surface area contributed by atoms with Crippen LogP contribution in [0.4, 0.5) is 0 Å². The molecule has 0 N–H and O–H groups in total. The summed E-state index contributed by atoms with van der Waals surface area (Å²) in [4.78, 5) is 16.4. The molecular weight excluding hydrogens is 212 g/mol. The average molecular weight is 238 g/mol. The molecule has 98 valence electrons. The van der Waals surface area contributed by atoms with E-state index in [1.807, 2.05) is 0 Å². The predicted molar refractivity (Wildman–Crippen MR) is 69.8 cm³/mol. The van der Waals surface area contributed by atoms with E-state index in [2.05, 4.69) is 30.7 Å². The van der Waals surface area contributed by atoms with Crippen LogP contribution in [0.15, 0.2) is 0 Å². The highest BCUT2D eigenvalue weighted by molar-refractivity contribution is 5.78. The van der Waals surface area contributed by atoms with Crippen LogP contribution in [0.25, 0.3) is 0 Å². The van der Waals surface area contributed by atoms with E-state index < -0.39 is 0 Å². The van der Waals surface area contributed by atoms with Crippen LogP contribution in [0, 0.1) is 11.8 Å².